The van der Waals surface area contributed by atoms with Gasteiger partial charge in [-0.25, -0.2) is 4.98 Å². The second-order valence-corrected chi connectivity index (χ2v) is 4.49. The highest BCUT2D eigenvalue weighted by molar-refractivity contribution is 5.78. The summed E-state index contributed by atoms with van der Waals surface area (Å²) in [5.41, 5.74) is 2.32. The molecule has 0 atom stereocenters. The number of fused-ring (bicyclic) bond motifs is 1. The number of benzene rings is 1. The van der Waals surface area contributed by atoms with E-state index in [-0.39, 0.29) is 0 Å². The van der Waals surface area contributed by atoms with E-state index in [1.165, 1.54) is 10.9 Å². The van der Waals surface area contributed by atoms with Gasteiger partial charge in [-0.2, -0.15) is 0 Å². The molecule has 4 nitrogen and oxygen atoms in total. The van der Waals surface area contributed by atoms with Gasteiger partial charge in [0.05, 0.1) is 5.52 Å². The van der Waals surface area contributed by atoms with Crippen LogP contribution in [0, 0.1) is 0 Å². The zero-order chi connectivity index (χ0) is 12.9. The molecule has 0 aliphatic carbocycles. The van der Waals surface area contributed by atoms with Crippen molar-refractivity contribution in [1.29, 1.82) is 0 Å². The van der Waals surface area contributed by atoms with E-state index >= 15 is 0 Å². The van der Waals surface area contributed by atoms with Gasteiger partial charge in [-0.3, -0.25) is 4.98 Å². The van der Waals surface area contributed by atoms with Crippen molar-refractivity contribution in [3.63, 3.8) is 0 Å². The van der Waals surface area contributed by atoms with E-state index in [9.17, 15) is 0 Å². The second-order valence-electron chi connectivity index (χ2n) is 4.49. The third-order valence-electron chi connectivity index (χ3n) is 3.09. The molecule has 0 bridgehead atoms. The molecule has 19 heavy (non-hydrogen) atoms. The number of nitrogens with one attached hydrogen (secondary N) is 2. The van der Waals surface area contributed by atoms with Crippen LogP contribution >= 0.6 is 0 Å². The first-order chi connectivity index (χ1) is 9.42. The summed E-state index contributed by atoms with van der Waals surface area (Å²) in [7, 11) is 0. The molecule has 0 amide bonds. The number of aromatic amines is 1. The lowest BCUT2D eigenvalue weighted by Crippen LogP contribution is -2.17. The molecule has 96 valence electrons. The smallest absolute Gasteiger partial charge is 0.107 e. The van der Waals surface area contributed by atoms with Crippen LogP contribution in [0.25, 0.3) is 10.9 Å². The van der Waals surface area contributed by atoms with Gasteiger partial charge in [-0.15, -0.1) is 0 Å². The number of hydrogen-bond acceptors (Lipinski definition) is 3. The number of imidazole rings is 1. The lowest BCUT2D eigenvalue weighted by atomic mass is 10.1. The summed E-state index contributed by atoms with van der Waals surface area (Å²) < 4.78 is 0. The molecule has 0 aliphatic heterocycles. The van der Waals surface area contributed by atoms with E-state index in [0.717, 1.165) is 30.9 Å². The maximum Gasteiger partial charge on any atom is 0.107 e. The van der Waals surface area contributed by atoms with E-state index in [0.29, 0.717) is 0 Å². The van der Waals surface area contributed by atoms with Gasteiger partial charge in [0.15, 0.2) is 0 Å². The first kappa shape index (κ1) is 11.9. The molecule has 3 aromatic rings. The molecule has 0 unspecified atom stereocenters. The maximum atomic E-state index is 4.32. The van der Waals surface area contributed by atoms with Crippen LogP contribution in [0.1, 0.15) is 11.4 Å². The van der Waals surface area contributed by atoms with Crippen LogP contribution in [0.15, 0.2) is 48.9 Å². The number of rotatable bonds is 5. The van der Waals surface area contributed by atoms with E-state index < -0.39 is 0 Å². The number of nitrogens with zero attached hydrogens (tertiary/aromatic N) is 2. The van der Waals surface area contributed by atoms with E-state index in [1.807, 2.05) is 18.5 Å². The summed E-state index contributed by atoms with van der Waals surface area (Å²) in [5, 5.41) is 4.61. The zero-order valence-corrected chi connectivity index (χ0v) is 10.6. The molecule has 2 heterocycles. The Labute approximate surface area is 111 Å². The molecule has 0 fully saturated rings. The van der Waals surface area contributed by atoms with Gasteiger partial charge in [0.1, 0.15) is 5.82 Å². The molecule has 1 aromatic carbocycles. The van der Waals surface area contributed by atoms with Crippen molar-refractivity contribution >= 4 is 10.9 Å². The quantitative estimate of drug-likeness (QED) is 0.685. The van der Waals surface area contributed by atoms with E-state index in [1.54, 1.807) is 6.20 Å². The zero-order valence-electron chi connectivity index (χ0n) is 10.6. The van der Waals surface area contributed by atoms with Gasteiger partial charge < -0.3 is 10.3 Å². The number of H-pyrrole nitrogens is 1. The van der Waals surface area contributed by atoms with E-state index in [2.05, 4.69) is 44.5 Å². The summed E-state index contributed by atoms with van der Waals surface area (Å²) in [6.45, 7) is 1.78. The molecule has 0 saturated heterocycles. The fourth-order valence-corrected chi connectivity index (χ4v) is 2.11. The normalized spacial score (nSPS) is 10.9. The van der Waals surface area contributed by atoms with Gasteiger partial charge in [-0.1, -0.05) is 12.1 Å². The minimum absolute atomic E-state index is 0.867. The maximum absolute atomic E-state index is 4.32. The largest absolute Gasteiger partial charge is 0.349 e. The lowest BCUT2D eigenvalue weighted by molar-refractivity contribution is 0.674. The summed E-state index contributed by atoms with van der Waals surface area (Å²) in [6, 6.07) is 10.4. The van der Waals surface area contributed by atoms with Gasteiger partial charge in [-0.05, 0) is 23.8 Å². The van der Waals surface area contributed by atoms with Crippen molar-refractivity contribution in [3.05, 3.63) is 60.3 Å². The Morgan fingerprint density at radius 1 is 1.11 bits per heavy atom. The minimum Gasteiger partial charge on any atom is -0.349 e. The first-order valence-electron chi connectivity index (χ1n) is 6.44. The molecule has 0 spiro atoms. The third-order valence-corrected chi connectivity index (χ3v) is 3.09. The van der Waals surface area contributed by atoms with Crippen LogP contribution in [0.4, 0.5) is 0 Å². The molecule has 4 heteroatoms. The minimum atomic E-state index is 0.867. The van der Waals surface area contributed by atoms with Gasteiger partial charge in [0.25, 0.3) is 0 Å². The molecule has 3 rings (SSSR count). The highest BCUT2D eigenvalue weighted by Crippen LogP contribution is 2.12. The van der Waals surface area contributed by atoms with Crippen molar-refractivity contribution in [1.82, 2.24) is 20.3 Å². The summed E-state index contributed by atoms with van der Waals surface area (Å²) in [4.78, 5) is 11.6. The van der Waals surface area contributed by atoms with Crippen molar-refractivity contribution in [2.75, 3.05) is 6.54 Å². The fourth-order valence-electron chi connectivity index (χ4n) is 2.11. The predicted octanol–water partition coefficient (Wildman–Crippen LogP) is 2.29. The van der Waals surface area contributed by atoms with E-state index in [4.69, 9.17) is 0 Å². The summed E-state index contributed by atoms with van der Waals surface area (Å²) in [6.07, 6.45) is 6.38. The highest BCUT2D eigenvalue weighted by atomic mass is 14.9. The standard InChI is InChI=1S/C15H16N4/c1-2-13-10-12(3-4-14(13)17-6-1)11-16-7-5-15-18-8-9-19-15/h1-4,6,8-10,16H,5,7,11H2,(H,18,19). The van der Waals surface area contributed by atoms with Crippen LogP contribution in [0.5, 0.6) is 0 Å². The number of aromatic nitrogens is 3. The van der Waals surface area contributed by atoms with Crippen molar-refractivity contribution in [3.8, 4) is 0 Å². The van der Waals surface area contributed by atoms with Gasteiger partial charge in [0, 0.05) is 43.5 Å². The Bertz CT molecular complexity index is 646. The average molecular weight is 252 g/mol. The highest BCUT2D eigenvalue weighted by Gasteiger charge is 1.98. The second kappa shape index (κ2) is 5.63. The molecular weight excluding hydrogens is 236 g/mol. The Balaban J connectivity index is 1.56. The van der Waals surface area contributed by atoms with Crippen LogP contribution in [-0.4, -0.2) is 21.5 Å². The van der Waals surface area contributed by atoms with Crippen molar-refractivity contribution < 1.29 is 0 Å². The Morgan fingerprint density at radius 3 is 3.00 bits per heavy atom. The molecular formula is C15H16N4. The Kier molecular flexibility index (Phi) is 3.51. The topological polar surface area (TPSA) is 53.6 Å². The monoisotopic (exact) mass is 252 g/mol. The average Bonchev–Trinajstić information content (AvgIpc) is 2.97. The van der Waals surface area contributed by atoms with Crippen LogP contribution in [-0.2, 0) is 13.0 Å². The Morgan fingerprint density at radius 2 is 2.11 bits per heavy atom. The lowest BCUT2D eigenvalue weighted by Gasteiger charge is -2.05. The molecule has 0 saturated carbocycles. The Hall–Kier alpha value is -2.20. The van der Waals surface area contributed by atoms with Crippen molar-refractivity contribution in [2.24, 2.45) is 0 Å². The van der Waals surface area contributed by atoms with Crippen LogP contribution in [0.2, 0.25) is 0 Å². The van der Waals surface area contributed by atoms with Crippen LogP contribution in [0.3, 0.4) is 0 Å². The number of pyridine rings is 1. The first-order valence-corrected chi connectivity index (χ1v) is 6.44. The molecule has 0 radical (unpaired) electrons. The fraction of sp³-hybridized carbons (Fsp3) is 0.200. The van der Waals surface area contributed by atoms with Gasteiger partial charge in [0.2, 0.25) is 0 Å². The number of hydrogen-bond donors (Lipinski definition) is 2. The summed E-state index contributed by atoms with van der Waals surface area (Å²) >= 11 is 0. The SMILES string of the molecule is c1cnc2ccc(CNCCc3ncc[nH]3)cc2c1. The molecule has 2 aromatic heterocycles. The molecule has 0 aliphatic rings. The van der Waals surface area contributed by atoms with Crippen LogP contribution < -0.4 is 5.32 Å². The van der Waals surface area contributed by atoms with Crippen molar-refractivity contribution in [2.45, 2.75) is 13.0 Å². The third kappa shape index (κ3) is 2.98. The predicted molar refractivity (Wildman–Crippen MR) is 75.7 cm³/mol. The molecule has 2 N–H and O–H groups in total. The summed E-state index contributed by atoms with van der Waals surface area (Å²) in [5.74, 6) is 1.02. The van der Waals surface area contributed by atoms with Gasteiger partial charge >= 0.3 is 0 Å².